The Kier molecular flexibility index (Phi) is 9.70. The highest BCUT2D eigenvalue weighted by Crippen LogP contribution is 2.71. The lowest BCUT2D eigenvalue weighted by Gasteiger charge is -2.62. The van der Waals surface area contributed by atoms with Gasteiger partial charge >= 0.3 is 35.8 Å². The summed E-state index contributed by atoms with van der Waals surface area (Å²) in [6, 6.07) is 7.92. The number of ether oxygens (including phenoxy) is 7. The minimum absolute atomic E-state index is 0.0752. The van der Waals surface area contributed by atoms with Gasteiger partial charge in [0.1, 0.15) is 17.8 Å². The van der Waals surface area contributed by atoms with Crippen molar-refractivity contribution in [3.8, 4) is 0 Å². The molecule has 51 heavy (non-hydrogen) atoms. The molecule has 2 saturated heterocycles. The zero-order valence-corrected chi connectivity index (χ0v) is 30.3. The maximum absolute atomic E-state index is 14.0. The Morgan fingerprint density at radius 2 is 1.24 bits per heavy atom. The molecule has 2 aliphatic heterocycles. The van der Waals surface area contributed by atoms with Crippen LogP contribution in [0.4, 0.5) is 0 Å². The maximum atomic E-state index is 14.0. The molecule has 2 heterocycles. The van der Waals surface area contributed by atoms with Crippen molar-refractivity contribution in [1.29, 1.82) is 0 Å². The predicted octanol–water partition coefficient (Wildman–Crippen LogP) is 3.01. The Hall–Kier alpha value is -4.30. The Bertz CT molecular complexity index is 1640. The number of aliphatic hydroxyl groups is 1. The quantitative estimate of drug-likeness (QED) is 0.235. The number of carbonyl (C=O) groups is 6. The topological polar surface area (TPSA) is 187 Å². The van der Waals surface area contributed by atoms with Crippen LogP contribution in [-0.4, -0.2) is 93.8 Å². The average molecular weight is 715 g/mol. The van der Waals surface area contributed by atoms with Gasteiger partial charge in [-0.1, -0.05) is 38.6 Å². The number of carbonyl (C=O) groups excluding carboxylic acids is 6. The van der Waals surface area contributed by atoms with Crippen LogP contribution >= 0.6 is 0 Å². The molecule has 1 N–H and O–H groups in total. The van der Waals surface area contributed by atoms with Crippen molar-refractivity contribution >= 4 is 35.8 Å². The fourth-order valence-electron chi connectivity index (χ4n) is 9.63. The van der Waals surface area contributed by atoms with Gasteiger partial charge < -0.3 is 38.3 Å². The van der Waals surface area contributed by atoms with Crippen LogP contribution < -0.4 is 0 Å². The first-order valence-corrected chi connectivity index (χ1v) is 16.9. The molecule has 0 unspecified atom stereocenters. The molecule has 2 bridgehead atoms. The molecule has 13 atom stereocenters. The minimum Gasteiger partial charge on any atom is -0.459 e. The van der Waals surface area contributed by atoms with Gasteiger partial charge in [0.05, 0.1) is 17.1 Å². The molecular weight excluding hydrogens is 668 g/mol. The number of rotatable bonds is 8. The summed E-state index contributed by atoms with van der Waals surface area (Å²) in [5, 5.41) is 13.6. The summed E-state index contributed by atoms with van der Waals surface area (Å²) in [6.07, 6.45) is -7.17. The molecule has 1 aromatic carbocycles. The highest BCUT2D eigenvalue weighted by Gasteiger charge is 2.89. The summed E-state index contributed by atoms with van der Waals surface area (Å²) in [7, 11) is 0. The van der Waals surface area contributed by atoms with E-state index < -0.39 is 112 Å². The monoisotopic (exact) mass is 714 g/mol. The summed E-state index contributed by atoms with van der Waals surface area (Å²) in [4.78, 5) is 78.5. The highest BCUT2D eigenvalue weighted by atomic mass is 16.7. The summed E-state index contributed by atoms with van der Waals surface area (Å²) in [6.45, 7) is 16.2. The Balaban J connectivity index is 1.89. The lowest BCUT2D eigenvalue weighted by atomic mass is 9.52. The van der Waals surface area contributed by atoms with Crippen molar-refractivity contribution in [3.05, 3.63) is 48.0 Å². The fraction of sp³-hybridized carbons (Fsp3) is 0.622. The van der Waals surface area contributed by atoms with E-state index in [2.05, 4.69) is 6.58 Å². The summed E-state index contributed by atoms with van der Waals surface area (Å²) >= 11 is 0. The number of hydrogen-bond donors (Lipinski definition) is 1. The predicted molar refractivity (Wildman–Crippen MR) is 174 cm³/mol. The van der Waals surface area contributed by atoms with Crippen molar-refractivity contribution in [1.82, 2.24) is 0 Å². The van der Waals surface area contributed by atoms with E-state index in [1.54, 1.807) is 32.0 Å². The second kappa shape index (κ2) is 13.0. The second-order valence-corrected chi connectivity index (χ2v) is 14.5. The molecule has 1 aromatic rings. The Labute approximate surface area is 296 Å². The van der Waals surface area contributed by atoms with Crippen molar-refractivity contribution in [2.45, 2.75) is 122 Å². The van der Waals surface area contributed by atoms with Gasteiger partial charge in [0.2, 0.25) is 5.60 Å². The van der Waals surface area contributed by atoms with E-state index in [1.165, 1.54) is 39.8 Å². The summed E-state index contributed by atoms with van der Waals surface area (Å²) in [5.41, 5.74) is -7.70. The molecule has 14 heteroatoms. The SMILES string of the molecule is C=C(C)[C@@]1(OC(=O)c2ccccc2)[C@H](OC(C)=O)[C@@H]2[C@H](OC(C)=O)[C@@]3(C)O[C@]4([C@@H]3OC(C)=O)[C@H](C[C@H](C)[C@@H]4OC(C)=O)[C@@]2(O)[C@H](C)[C@@H]1OC(C)=O. The minimum atomic E-state index is -2.20. The van der Waals surface area contributed by atoms with Crippen LogP contribution in [0.3, 0.4) is 0 Å². The lowest BCUT2D eigenvalue weighted by molar-refractivity contribution is -0.391. The van der Waals surface area contributed by atoms with Crippen molar-refractivity contribution in [2.24, 2.45) is 23.7 Å². The van der Waals surface area contributed by atoms with E-state index in [-0.39, 0.29) is 17.6 Å². The first kappa shape index (κ1) is 37.9. The van der Waals surface area contributed by atoms with E-state index in [0.29, 0.717) is 0 Å². The Morgan fingerprint density at radius 3 is 1.75 bits per heavy atom. The highest BCUT2D eigenvalue weighted by molar-refractivity contribution is 5.90. The number of esters is 6. The third kappa shape index (κ3) is 5.61. The Morgan fingerprint density at radius 1 is 0.745 bits per heavy atom. The molecule has 0 amide bonds. The molecule has 278 valence electrons. The van der Waals surface area contributed by atoms with Crippen LogP contribution in [0.15, 0.2) is 42.5 Å². The van der Waals surface area contributed by atoms with Gasteiger partial charge in [-0.15, -0.1) is 0 Å². The van der Waals surface area contributed by atoms with Crippen LogP contribution in [0.5, 0.6) is 0 Å². The zero-order valence-electron chi connectivity index (χ0n) is 30.3. The number of benzene rings is 1. The largest absolute Gasteiger partial charge is 0.459 e. The van der Waals surface area contributed by atoms with Crippen molar-refractivity contribution < 1.29 is 67.0 Å². The molecule has 1 spiro atoms. The molecule has 3 saturated carbocycles. The third-order valence-electron chi connectivity index (χ3n) is 11.2. The van der Waals surface area contributed by atoms with E-state index in [1.807, 2.05) is 0 Å². The smallest absolute Gasteiger partial charge is 0.339 e. The number of hydrogen-bond acceptors (Lipinski definition) is 14. The average Bonchev–Trinajstić information content (AvgIpc) is 3.25. The van der Waals surface area contributed by atoms with Gasteiger partial charge in [-0.25, -0.2) is 4.79 Å². The van der Waals surface area contributed by atoms with Crippen LogP contribution in [0.2, 0.25) is 0 Å². The van der Waals surface area contributed by atoms with Gasteiger partial charge in [-0.2, -0.15) is 0 Å². The third-order valence-corrected chi connectivity index (χ3v) is 11.2. The van der Waals surface area contributed by atoms with Crippen LogP contribution in [-0.2, 0) is 57.1 Å². The van der Waals surface area contributed by atoms with Crippen LogP contribution in [0, 0.1) is 23.7 Å². The molecule has 0 aromatic heterocycles. The molecule has 6 rings (SSSR count). The van der Waals surface area contributed by atoms with Gasteiger partial charge in [0.25, 0.3) is 0 Å². The van der Waals surface area contributed by atoms with E-state index in [0.717, 1.165) is 20.8 Å². The second-order valence-electron chi connectivity index (χ2n) is 14.5. The van der Waals surface area contributed by atoms with Crippen LogP contribution in [0.1, 0.15) is 79.1 Å². The maximum Gasteiger partial charge on any atom is 0.339 e. The van der Waals surface area contributed by atoms with Gasteiger partial charge in [0.15, 0.2) is 23.9 Å². The van der Waals surface area contributed by atoms with Gasteiger partial charge in [0, 0.05) is 46.5 Å². The normalized spacial score (nSPS) is 40.5. The molecule has 14 nitrogen and oxygen atoms in total. The van der Waals surface area contributed by atoms with Gasteiger partial charge in [-0.3, -0.25) is 24.0 Å². The fourth-order valence-corrected chi connectivity index (χ4v) is 9.63. The first-order chi connectivity index (χ1) is 23.7. The first-order valence-electron chi connectivity index (χ1n) is 16.9. The van der Waals surface area contributed by atoms with E-state index in [9.17, 15) is 33.9 Å². The summed E-state index contributed by atoms with van der Waals surface area (Å²) in [5.74, 6) is -9.17. The van der Waals surface area contributed by atoms with E-state index >= 15 is 0 Å². The zero-order chi connectivity index (χ0) is 38.0. The van der Waals surface area contributed by atoms with E-state index in [4.69, 9.17) is 33.2 Å². The van der Waals surface area contributed by atoms with Crippen molar-refractivity contribution in [2.75, 3.05) is 0 Å². The standard InChI is InChI=1S/C37H46O14/c1-17(2)36(50-32(43)25-14-12-11-13-15-25)29(46-21(6)39)19(4)35(44)26-16-18(3)28(45-20(5)38)37(26)33(49-24(9)42)34(10,51-37)30(47-22(7)40)27(35)31(36)48-23(8)41/h11-15,18-19,26-31,33,44H,1,16H2,2-10H3/t18-,19+,26+,27-,28-,29-,30-,31+,33+,34+,35-,36-,37+/m0/s1. The van der Waals surface area contributed by atoms with Gasteiger partial charge in [-0.05, 0) is 43.9 Å². The van der Waals surface area contributed by atoms with Crippen molar-refractivity contribution in [3.63, 3.8) is 0 Å². The summed E-state index contributed by atoms with van der Waals surface area (Å²) < 4.78 is 43.1. The molecular formula is C37H46O14. The molecule has 0 radical (unpaired) electrons. The molecule has 3 aliphatic carbocycles. The molecule has 5 aliphatic rings. The van der Waals surface area contributed by atoms with Crippen LogP contribution in [0.25, 0.3) is 0 Å². The lowest BCUT2D eigenvalue weighted by Crippen LogP contribution is -2.80. The molecule has 5 fully saturated rings.